The number of carbonyl (C=O) groups is 1. The van der Waals surface area contributed by atoms with Gasteiger partial charge in [-0.15, -0.1) is 0 Å². The number of piperidine rings is 1. The third kappa shape index (κ3) is 10.9. The molecule has 5 N–H and O–H groups in total. The summed E-state index contributed by atoms with van der Waals surface area (Å²) in [5.74, 6) is -0.0969. The molecule has 0 aliphatic carbocycles. The van der Waals surface area contributed by atoms with Gasteiger partial charge in [0, 0.05) is 12.6 Å². The third-order valence-corrected chi connectivity index (χ3v) is 7.07. The average Bonchev–Trinajstić information content (AvgIpc) is 2.74. The first-order chi connectivity index (χ1) is 14.4. The molecule has 0 aromatic carbocycles. The predicted molar refractivity (Wildman–Crippen MR) is 126 cm³/mol. The quantitative estimate of drug-likeness (QED) is 0.168. The molecular weight excluding hydrogens is 448 g/mol. The summed E-state index contributed by atoms with van der Waals surface area (Å²) in [5.41, 5.74) is 0. The number of halogens is 1. The van der Waals surface area contributed by atoms with Gasteiger partial charge in [0.05, 0.1) is 23.1 Å². The zero-order valence-electron chi connectivity index (χ0n) is 19.0. The van der Waals surface area contributed by atoms with Crippen molar-refractivity contribution in [3.8, 4) is 0 Å². The van der Waals surface area contributed by atoms with Gasteiger partial charge in [-0.3, -0.25) is 4.79 Å². The molecule has 0 spiro atoms. The highest BCUT2D eigenvalue weighted by molar-refractivity contribution is 9.10. The van der Waals surface area contributed by atoms with Crippen molar-refractivity contribution in [2.45, 2.75) is 133 Å². The van der Waals surface area contributed by atoms with E-state index in [0.717, 1.165) is 19.3 Å². The molecule has 0 radical (unpaired) electrons. The van der Waals surface area contributed by atoms with Crippen molar-refractivity contribution < 1.29 is 20.1 Å². The summed E-state index contributed by atoms with van der Waals surface area (Å²) in [6.45, 7) is 4.22. The highest BCUT2D eigenvalue weighted by atomic mass is 79.9. The van der Waals surface area contributed by atoms with Crippen molar-refractivity contribution >= 4 is 21.8 Å². The maximum absolute atomic E-state index is 12.3. The molecule has 1 unspecified atom stereocenters. The van der Waals surface area contributed by atoms with Crippen molar-refractivity contribution in [1.82, 2.24) is 10.6 Å². The molecule has 1 amide bonds. The molecule has 7 heteroatoms. The van der Waals surface area contributed by atoms with Crippen LogP contribution >= 0.6 is 15.9 Å². The number of hydrogen-bond acceptors (Lipinski definition) is 5. The Kier molecular flexibility index (Phi) is 15.2. The first kappa shape index (κ1) is 27.8. The largest absolute Gasteiger partial charge is 0.389 e. The van der Waals surface area contributed by atoms with Crippen LogP contribution < -0.4 is 10.6 Å². The van der Waals surface area contributed by atoms with Crippen LogP contribution in [-0.2, 0) is 4.79 Å². The molecule has 30 heavy (non-hydrogen) atoms. The fourth-order valence-electron chi connectivity index (χ4n) is 4.07. The monoisotopic (exact) mass is 492 g/mol. The molecule has 6 nitrogen and oxygen atoms in total. The number of carbonyl (C=O) groups excluding carboxylic acids is 1. The molecule has 6 atom stereocenters. The Balaban J connectivity index is 2.03. The van der Waals surface area contributed by atoms with Gasteiger partial charge in [0.15, 0.2) is 0 Å². The van der Waals surface area contributed by atoms with E-state index in [2.05, 4.69) is 33.5 Å². The fraction of sp³-hybridized carbons (Fsp3) is 0.957. The van der Waals surface area contributed by atoms with E-state index < -0.39 is 24.4 Å². The number of hydrogen-bond donors (Lipinski definition) is 5. The molecule has 0 aromatic rings. The summed E-state index contributed by atoms with van der Waals surface area (Å²) in [7, 11) is 0. The third-order valence-electron chi connectivity index (χ3n) is 6.19. The number of rotatable bonds is 16. The molecule has 0 aromatic heterocycles. The maximum atomic E-state index is 12.3. The topological polar surface area (TPSA) is 102 Å². The number of nitrogens with one attached hydrogen (secondary N) is 2. The zero-order chi connectivity index (χ0) is 22.4. The smallest absolute Gasteiger partial charge is 0.233 e. The Bertz CT molecular complexity index is 455. The molecule has 178 valence electrons. The lowest BCUT2D eigenvalue weighted by molar-refractivity contribution is -0.123. The van der Waals surface area contributed by atoms with Gasteiger partial charge >= 0.3 is 0 Å². The predicted octanol–water partition coefficient (Wildman–Crippen LogP) is 3.40. The molecule has 0 saturated carbocycles. The van der Waals surface area contributed by atoms with Crippen LogP contribution in [0.1, 0.15) is 97.3 Å². The van der Waals surface area contributed by atoms with E-state index in [1.165, 1.54) is 64.2 Å². The van der Waals surface area contributed by atoms with Gasteiger partial charge in [0.2, 0.25) is 5.91 Å². The normalized spacial score (nSPS) is 27.7. The van der Waals surface area contributed by atoms with Crippen LogP contribution in [0.2, 0.25) is 0 Å². The summed E-state index contributed by atoms with van der Waals surface area (Å²) in [4.78, 5) is 12.0. The van der Waals surface area contributed by atoms with Gasteiger partial charge in [-0.1, -0.05) is 99.9 Å². The van der Waals surface area contributed by atoms with E-state index in [1.54, 1.807) is 6.92 Å². The second kappa shape index (κ2) is 16.4. The van der Waals surface area contributed by atoms with Crippen LogP contribution in [0.5, 0.6) is 0 Å². The number of amides is 1. The lowest BCUT2D eigenvalue weighted by atomic mass is 9.91. The van der Waals surface area contributed by atoms with Gasteiger partial charge in [0.1, 0.15) is 6.10 Å². The van der Waals surface area contributed by atoms with E-state index >= 15 is 0 Å². The minimum Gasteiger partial charge on any atom is -0.389 e. The van der Waals surface area contributed by atoms with Crippen LogP contribution in [0.25, 0.3) is 0 Å². The van der Waals surface area contributed by atoms with E-state index in [1.807, 2.05) is 0 Å². The van der Waals surface area contributed by atoms with Gasteiger partial charge < -0.3 is 26.0 Å². The standard InChI is InChI=1S/C23H45BrN2O4/c1-3-4-5-6-7-8-9-10-11-12-13-14-15-18(24)23(30)25-16-19-21(28)22(29)20(27)17(2)26-19/h17-22,26-29H,3-16H2,1-2H3,(H,25,30)/t17-,18?,19+,20+,21+,22+/m0/s1. The molecule has 0 bridgehead atoms. The molecule has 1 fully saturated rings. The van der Waals surface area contributed by atoms with Crippen LogP contribution in [0.4, 0.5) is 0 Å². The lowest BCUT2D eigenvalue weighted by Crippen LogP contribution is -2.66. The summed E-state index contributed by atoms with van der Waals surface area (Å²) < 4.78 is 0. The Hall–Kier alpha value is -0.210. The van der Waals surface area contributed by atoms with E-state index in [9.17, 15) is 20.1 Å². The molecule has 1 aliphatic heterocycles. The van der Waals surface area contributed by atoms with Gasteiger partial charge in [-0.25, -0.2) is 0 Å². The number of alkyl halides is 1. The fourth-order valence-corrected chi connectivity index (χ4v) is 4.55. The van der Waals surface area contributed by atoms with Crippen LogP contribution in [-0.4, -0.2) is 63.0 Å². The van der Waals surface area contributed by atoms with Crippen LogP contribution in [0.15, 0.2) is 0 Å². The maximum Gasteiger partial charge on any atom is 0.233 e. The second-order valence-corrected chi connectivity index (χ2v) is 10.0. The number of unbranched alkanes of at least 4 members (excludes halogenated alkanes) is 11. The van der Waals surface area contributed by atoms with E-state index in [4.69, 9.17) is 0 Å². The van der Waals surface area contributed by atoms with Crippen molar-refractivity contribution in [3.63, 3.8) is 0 Å². The molecule has 1 aliphatic rings. The van der Waals surface area contributed by atoms with Crippen molar-refractivity contribution in [1.29, 1.82) is 0 Å². The Morgan fingerprint density at radius 1 is 0.867 bits per heavy atom. The number of aliphatic hydroxyl groups is 3. The first-order valence-corrected chi connectivity index (χ1v) is 13.0. The van der Waals surface area contributed by atoms with E-state index in [-0.39, 0.29) is 23.3 Å². The summed E-state index contributed by atoms with van der Waals surface area (Å²) in [6, 6.07) is -0.820. The molecule has 1 heterocycles. The van der Waals surface area contributed by atoms with Gasteiger partial charge in [-0.2, -0.15) is 0 Å². The number of aliphatic hydroxyl groups excluding tert-OH is 3. The Labute approximate surface area is 191 Å². The Morgan fingerprint density at radius 2 is 1.37 bits per heavy atom. The minimum atomic E-state index is -1.20. The minimum absolute atomic E-state index is 0.0969. The lowest BCUT2D eigenvalue weighted by Gasteiger charge is -2.40. The van der Waals surface area contributed by atoms with Crippen molar-refractivity contribution in [2.75, 3.05) is 6.54 Å². The van der Waals surface area contributed by atoms with Gasteiger partial charge in [-0.05, 0) is 13.3 Å². The highest BCUT2D eigenvalue weighted by Crippen LogP contribution is 2.17. The van der Waals surface area contributed by atoms with Crippen LogP contribution in [0, 0.1) is 0 Å². The summed E-state index contributed by atoms with van der Waals surface area (Å²) in [6.07, 6.45) is 13.0. The first-order valence-electron chi connectivity index (χ1n) is 12.1. The summed E-state index contributed by atoms with van der Waals surface area (Å²) >= 11 is 3.46. The Morgan fingerprint density at radius 3 is 1.90 bits per heavy atom. The summed E-state index contributed by atoms with van der Waals surface area (Å²) in [5, 5.41) is 35.6. The highest BCUT2D eigenvalue weighted by Gasteiger charge is 2.40. The van der Waals surface area contributed by atoms with Gasteiger partial charge in [0.25, 0.3) is 0 Å². The molecule has 1 saturated heterocycles. The van der Waals surface area contributed by atoms with Crippen molar-refractivity contribution in [3.05, 3.63) is 0 Å². The average molecular weight is 494 g/mol. The molecule has 1 rings (SSSR count). The van der Waals surface area contributed by atoms with Crippen molar-refractivity contribution in [2.24, 2.45) is 0 Å². The SMILES string of the molecule is CCCCCCCCCCCCCCC(Br)C(=O)NC[C@H]1N[C@@H](C)[C@@H](O)[C@@H](O)[C@@H]1O. The molecular formula is C23H45BrN2O4. The van der Waals surface area contributed by atoms with E-state index in [0.29, 0.717) is 0 Å². The second-order valence-electron chi connectivity index (χ2n) is 8.92. The zero-order valence-corrected chi connectivity index (χ0v) is 20.6. The van der Waals surface area contributed by atoms with Crippen LogP contribution in [0.3, 0.4) is 0 Å².